The Bertz CT molecular complexity index is 57.9. The highest BCUT2D eigenvalue weighted by Crippen LogP contribution is 2.00. The van der Waals surface area contributed by atoms with E-state index in [1.54, 1.807) is 7.48 Å². The minimum absolute atomic E-state index is 0.504. The van der Waals surface area contributed by atoms with Gasteiger partial charge in [-0.25, -0.2) is 0 Å². The van der Waals surface area contributed by atoms with E-state index in [1.165, 1.54) is 0 Å². The van der Waals surface area contributed by atoms with E-state index >= 15 is 0 Å². The summed E-state index contributed by atoms with van der Waals surface area (Å²) in [5.41, 5.74) is -0.504. The highest BCUT2D eigenvalue weighted by Gasteiger charge is 2.07. The van der Waals surface area contributed by atoms with Gasteiger partial charge in [-0.2, -0.15) is 0 Å². The molecule has 0 N–H and O–H groups in total. The number of hydrogen-bond acceptors (Lipinski definition) is 1. The Hall–Kier alpha value is 0.0899. The van der Waals surface area contributed by atoms with Crippen LogP contribution in [0.2, 0.25) is 6.32 Å². The first-order chi connectivity index (χ1) is 3.56. The molecule has 43 valence electrons. The van der Waals surface area contributed by atoms with E-state index < -0.39 is 5.50 Å². The Balaban J connectivity index is 3.11. The first-order valence-corrected chi connectivity index (χ1v) is 2.84. The predicted molar refractivity (Wildman–Crippen MR) is 37.2 cm³/mol. The van der Waals surface area contributed by atoms with Gasteiger partial charge in [0.2, 0.25) is 0 Å². The third kappa shape index (κ3) is 6.09. The van der Waals surface area contributed by atoms with Gasteiger partial charge >= 0.3 is 0 Å². The van der Waals surface area contributed by atoms with Crippen LogP contribution in [0.15, 0.2) is 0 Å². The summed E-state index contributed by atoms with van der Waals surface area (Å²) in [6.45, 7) is 5.64. The third-order valence-corrected chi connectivity index (χ3v) is 0.554. The summed E-state index contributed by atoms with van der Waals surface area (Å²) in [5, 5.41) is 0. The van der Waals surface area contributed by atoms with Crippen LogP contribution in [0.5, 0.6) is 0 Å². The van der Waals surface area contributed by atoms with Crippen LogP contribution in [0.25, 0.3) is 0 Å². The summed E-state index contributed by atoms with van der Waals surface area (Å²) in [6.07, 6.45) is 0.903. The Morgan fingerprint density at radius 3 is 2.25 bits per heavy atom. The molecule has 8 heavy (non-hydrogen) atoms. The van der Waals surface area contributed by atoms with Gasteiger partial charge < -0.3 is 4.65 Å². The number of hydrogen-bond donors (Lipinski definition) is 0. The summed E-state index contributed by atoms with van der Waals surface area (Å²) in [6, 6.07) is 0. The normalized spacial score (nSPS) is 11.4. The van der Waals surface area contributed by atoms with Crippen molar-refractivity contribution in [1.82, 2.24) is 0 Å². The molecule has 0 aromatic rings. The topological polar surface area (TPSA) is 9.23 Å². The molecule has 0 bridgehead atoms. The van der Waals surface area contributed by atoms with Crippen LogP contribution < -0.4 is 0 Å². The van der Waals surface area contributed by atoms with E-state index in [1.807, 2.05) is 20.8 Å². The van der Waals surface area contributed by atoms with Gasteiger partial charge in [-0.1, -0.05) is 13.2 Å². The van der Waals surface area contributed by atoms with Crippen molar-refractivity contribution in [3.8, 4) is 0 Å². The van der Waals surface area contributed by atoms with E-state index in [9.17, 15) is 0 Å². The molecule has 1 nitrogen and oxygen atoms in total. The van der Waals surface area contributed by atoms with Crippen LogP contribution >= 0.6 is 0 Å². The third-order valence-electron chi connectivity index (χ3n) is 0.554. The molecule has 3 heteroatoms. The predicted octanol–water partition coefficient (Wildman–Crippen LogP) is 0.965. The lowest BCUT2D eigenvalue weighted by Gasteiger charge is -2.19. The summed E-state index contributed by atoms with van der Waals surface area (Å²) in [7, 11) is 7.18. The van der Waals surface area contributed by atoms with Crippen molar-refractivity contribution in [2.24, 2.45) is 0 Å². The van der Waals surface area contributed by atoms with Crippen molar-refractivity contribution in [3.05, 3.63) is 0 Å². The molecule has 0 fully saturated rings. The standard InChI is InChI=1S/C5H11B2O/c1-4-7-8-5(2,3)6/h4H2,1-3H3. The second-order valence-electron chi connectivity index (χ2n) is 2.30. The van der Waals surface area contributed by atoms with Gasteiger partial charge in [0.25, 0.3) is 7.48 Å². The molecular weight excluding hydrogens is 97.7 g/mol. The zero-order chi connectivity index (χ0) is 6.62. The smallest absolute Gasteiger partial charge is 0.291 e. The van der Waals surface area contributed by atoms with Crippen molar-refractivity contribution in [1.29, 1.82) is 0 Å². The lowest BCUT2D eigenvalue weighted by molar-refractivity contribution is 0.209. The maximum absolute atomic E-state index is 5.47. The lowest BCUT2D eigenvalue weighted by Crippen LogP contribution is -2.25. The quantitative estimate of drug-likeness (QED) is 0.490. The fourth-order valence-corrected chi connectivity index (χ4v) is 0.298. The molecular formula is C5H11B2O. The van der Waals surface area contributed by atoms with E-state index in [0.717, 1.165) is 6.32 Å². The van der Waals surface area contributed by atoms with Crippen molar-refractivity contribution in [2.45, 2.75) is 32.6 Å². The molecule has 0 aliphatic carbocycles. The van der Waals surface area contributed by atoms with Gasteiger partial charge in [-0.15, -0.1) is 0 Å². The molecule has 0 amide bonds. The van der Waals surface area contributed by atoms with Crippen LogP contribution in [0.1, 0.15) is 20.8 Å². The minimum atomic E-state index is -0.504. The van der Waals surface area contributed by atoms with Crippen molar-refractivity contribution in [2.75, 3.05) is 0 Å². The molecule has 0 rings (SSSR count). The molecule has 0 aromatic heterocycles. The molecule has 0 saturated carbocycles. The van der Waals surface area contributed by atoms with Crippen LogP contribution in [0.3, 0.4) is 0 Å². The van der Waals surface area contributed by atoms with Crippen LogP contribution in [-0.2, 0) is 4.65 Å². The molecule has 0 aromatic carbocycles. The maximum Gasteiger partial charge on any atom is 0.291 e. The highest BCUT2D eigenvalue weighted by atomic mass is 16.4. The molecule has 0 atom stereocenters. The fourth-order valence-electron chi connectivity index (χ4n) is 0.298. The van der Waals surface area contributed by atoms with E-state index in [-0.39, 0.29) is 0 Å². The summed E-state index contributed by atoms with van der Waals surface area (Å²) >= 11 is 0. The second kappa shape index (κ2) is 3.18. The molecule has 0 saturated heterocycles. The van der Waals surface area contributed by atoms with Crippen molar-refractivity contribution >= 4 is 15.3 Å². The Morgan fingerprint density at radius 2 is 2.12 bits per heavy atom. The summed E-state index contributed by atoms with van der Waals surface area (Å²) in [5.74, 6) is 0. The zero-order valence-electron chi connectivity index (χ0n) is 5.77. The van der Waals surface area contributed by atoms with Crippen LogP contribution in [0, 0.1) is 0 Å². The summed E-state index contributed by atoms with van der Waals surface area (Å²) in [4.78, 5) is 0. The number of rotatable bonds is 3. The zero-order valence-corrected chi connectivity index (χ0v) is 5.77. The van der Waals surface area contributed by atoms with Crippen LogP contribution in [-0.4, -0.2) is 20.8 Å². The van der Waals surface area contributed by atoms with Gasteiger partial charge in [0.15, 0.2) is 0 Å². The lowest BCUT2D eigenvalue weighted by atomic mass is 9.82. The maximum atomic E-state index is 5.47. The largest absolute Gasteiger partial charge is 0.444 e. The molecule has 0 unspecified atom stereocenters. The van der Waals surface area contributed by atoms with Crippen LogP contribution in [0.4, 0.5) is 0 Å². The average molecular weight is 109 g/mol. The van der Waals surface area contributed by atoms with Gasteiger partial charge in [0, 0.05) is 5.50 Å². The van der Waals surface area contributed by atoms with Crippen molar-refractivity contribution in [3.63, 3.8) is 0 Å². The molecule has 0 heterocycles. The molecule has 0 spiro atoms. The van der Waals surface area contributed by atoms with Crippen molar-refractivity contribution < 1.29 is 4.65 Å². The minimum Gasteiger partial charge on any atom is -0.444 e. The first kappa shape index (κ1) is 8.09. The van der Waals surface area contributed by atoms with Gasteiger partial charge in [0.05, 0.1) is 0 Å². The van der Waals surface area contributed by atoms with E-state index in [4.69, 9.17) is 12.5 Å². The van der Waals surface area contributed by atoms with E-state index in [2.05, 4.69) is 0 Å². The monoisotopic (exact) mass is 109 g/mol. The summed E-state index contributed by atoms with van der Waals surface area (Å²) < 4.78 is 5.03. The Labute approximate surface area is 53.5 Å². The average Bonchev–Trinajstić information content (AvgIpc) is 1.59. The van der Waals surface area contributed by atoms with Gasteiger partial charge in [0.1, 0.15) is 7.85 Å². The Morgan fingerprint density at radius 1 is 1.62 bits per heavy atom. The van der Waals surface area contributed by atoms with Gasteiger partial charge in [-0.05, 0) is 13.8 Å². The fraction of sp³-hybridized carbons (Fsp3) is 1.00. The molecule has 3 radical (unpaired) electrons. The highest BCUT2D eigenvalue weighted by molar-refractivity contribution is 6.29. The molecule has 0 aliphatic heterocycles. The SMILES string of the molecule is [B]C(C)(C)O[B]CC. The van der Waals surface area contributed by atoms with Gasteiger partial charge in [-0.3, -0.25) is 0 Å². The molecule has 0 aliphatic rings. The second-order valence-corrected chi connectivity index (χ2v) is 2.30. The van der Waals surface area contributed by atoms with E-state index in [0.29, 0.717) is 0 Å². The Kier molecular flexibility index (Phi) is 3.22. The first-order valence-electron chi connectivity index (χ1n) is 2.84.